The largest absolute Gasteiger partial charge is 0.497 e. The van der Waals surface area contributed by atoms with Crippen LogP contribution in [-0.4, -0.2) is 59.3 Å². The van der Waals surface area contributed by atoms with Crippen LogP contribution in [0.25, 0.3) is 11.5 Å². The highest BCUT2D eigenvalue weighted by Crippen LogP contribution is 2.27. The van der Waals surface area contributed by atoms with Crippen molar-refractivity contribution < 1.29 is 23.5 Å². The van der Waals surface area contributed by atoms with Crippen LogP contribution < -0.4 is 9.47 Å². The van der Waals surface area contributed by atoms with E-state index in [1.54, 1.807) is 61.8 Å². The maximum Gasteiger partial charge on any atom is 0.258 e. The summed E-state index contributed by atoms with van der Waals surface area (Å²) >= 11 is 0. The SMILES string of the molecule is COc1ccc(C(=O)N2CCCC(OCc3noc(-c4ccncc4)n3)C2)c(OC)c1. The Morgan fingerprint density at radius 3 is 2.81 bits per heavy atom. The molecule has 9 nitrogen and oxygen atoms in total. The predicted octanol–water partition coefficient (Wildman–Crippen LogP) is 2.97. The monoisotopic (exact) mass is 424 g/mol. The molecule has 1 atom stereocenters. The summed E-state index contributed by atoms with van der Waals surface area (Å²) in [5.41, 5.74) is 1.31. The van der Waals surface area contributed by atoms with Crippen molar-refractivity contribution in [3.05, 3.63) is 54.1 Å². The number of aromatic nitrogens is 3. The highest BCUT2D eigenvalue weighted by atomic mass is 16.5. The number of methoxy groups -OCH3 is 2. The third-order valence-electron chi connectivity index (χ3n) is 5.15. The number of ether oxygens (including phenoxy) is 3. The van der Waals surface area contributed by atoms with Gasteiger partial charge in [0.1, 0.15) is 18.1 Å². The van der Waals surface area contributed by atoms with Gasteiger partial charge in [-0.15, -0.1) is 0 Å². The number of hydrogen-bond donors (Lipinski definition) is 0. The van der Waals surface area contributed by atoms with Crippen LogP contribution in [0.1, 0.15) is 29.0 Å². The minimum atomic E-state index is -0.107. The summed E-state index contributed by atoms with van der Waals surface area (Å²) in [5.74, 6) is 1.93. The fourth-order valence-electron chi connectivity index (χ4n) is 3.52. The van der Waals surface area contributed by atoms with Gasteiger partial charge in [-0.3, -0.25) is 9.78 Å². The lowest BCUT2D eigenvalue weighted by Crippen LogP contribution is -2.43. The molecule has 0 spiro atoms. The first-order chi connectivity index (χ1) is 15.2. The molecule has 0 saturated carbocycles. The molecule has 2 aromatic heterocycles. The Kier molecular flexibility index (Phi) is 6.42. The number of rotatable bonds is 7. The zero-order chi connectivity index (χ0) is 21.6. The summed E-state index contributed by atoms with van der Waals surface area (Å²) in [6.07, 6.45) is 4.94. The average molecular weight is 424 g/mol. The molecule has 1 aliphatic rings. The third kappa shape index (κ3) is 4.83. The van der Waals surface area contributed by atoms with E-state index in [-0.39, 0.29) is 18.6 Å². The van der Waals surface area contributed by atoms with Crippen LogP contribution in [0.3, 0.4) is 0 Å². The fourth-order valence-corrected chi connectivity index (χ4v) is 3.52. The Morgan fingerprint density at radius 1 is 1.19 bits per heavy atom. The van der Waals surface area contributed by atoms with Crippen molar-refractivity contribution in [2.24, 2.45) is 0 Å². The van der Waals surface area contributed by atoms with Gasteiger partial charge in [-0.25, -0.2) is 0 Å². The molecular weight excluding hydrogens is 400 g/mol. The number of piperidine rings is 1. The molecule has 9 heteroatoms. The normalized spacial score (nSPS) is 16.2. The molecule has 3 heterocycles. The lowest BCUT2D eigenvalue weighted by atomic mass is 10.1. The van der Waals surface area contributed by atoms with Crippen LogP contribution in [-0.2, 0) is 11.3 Å². The maximum absolute atomic E-state index is 13.1. The number of hydrogen-bond acceptors (Lipinski definition) is 8. The van der Waals surface area contributed by atoms with E-state index in [1.807, 2.05) is 0 Å². The molecule has 0 bridgehead atoms. The number of likely N-dealkylation sites (tertiary alicyclic amines) is 1. The van der Waals surface area contributed by atoms with Gasteiger partial charge in [0, 0.05) is 37.1 Å². The van der Waals surface area contributed by atoms with Crippen LogP contribution in [0.5, 0.6) is 11.5 Å². The van der Waals surface area contributed by atoms with Crippen molar-refractivity contribution in [1.82, 2.24) is 20.0 Å². The van der Waals surface area contributed by atoms with Crippen molar-refractivity contribution >= 4 is 5.91 Å². The molecule has 31 heavy (non-hydrogen) atoms. The number of amides is 1. The first-order valence-corrected chi connectivity index (χ1v) is 10.0. The Bertz CT molecular complexity index is 1020. The van der Waals surface area contributed by atoms with Crippen molar-refractivity contribution in [2.75, 3.05) is 27.3 Å². The Labute approximate surface area is 179 Å². The maximum atomic E-state index is 13.1. The van der Waals surface area contributed by atoms with Crippen LogP contribution >= 0.6 is 0 Å². The van der Waals surface area contributed by atoms with E-state index in [4.69, 9.17) is 18.7 Å². The molecule has 0 N–H and O–H groups in total. The van der Waals surface area contributed by atoms with Crippen molar-refractivity contribution in [1.29, 1.82) is 0 Å². The van der Waals surface area contributed by atoms with Gasteiger partial charge >= 0.3 is 0 Å². The van der Waals surface area contributed by atoms with Gasteiger partial charge in [-0.2, -0.15) is 4.98 Å². The van der Waals surface area contributed by atoms with Gasteiger partial charge < -0.3 is 23.6 Å². The lowest BCUT2D eigenvalue weighted by Gasteiger charge is -2.32. The first-order valence-electron chi connectivity index (χ1n) is 10.0. The summed E-state index contributed by atoms with van der Waals surface area (Å²) in [6, 6.07) is 8.79. The van der Waals surface area contributed by atoms with Gasteiger partial charge in [-0.1, -0.05) is 5.16 Å². The van der Waals surface area contributed by atoms with E-state index < -0.39 is 0 Å². The van der Waals surface area contributed by atoms with Crippen molar-refractivity contribution in [3.8, 4) is 23.0 Å². The van der Waals surface area contributed by atoms with Crippen LogP contribution in [0, 0.1) is 0 Å². The minimum absolute atomic E-state index is 0.0904. The quantitative estimate of drug-likeness (QED) is 0.571. The summed E-state index contributed by atoms with van der Waals surface area (Å²) in [5, 5.41) is 3.98. The highest BCUT2D eigenvalue weighted by molar-refractivity contribution is 5.97. The Hall–Kier alpha value is -3.46. The molecule has 1 fully saturated rings. The number of nitrogens with zero attached hydrogens (tertiary/aromatic N) is 4. The smallest absolute Gasteiger partial charge is 0.258 e. The fraction of sp³-hybridized carbons (Fsp3) is 0.364. The summed E-state index contributed by atoms with van der Waals surface area (Å²) in [6.45, 7) is 1.37. The summed E-state index contributed by atoms with van der Waals surface area (Å²) in [4.78, 5) is 23.2. The van der Waals surface area contributed by atoms with E-state index in [1.165, 1.54) is 0 Å². The number of carbonyl (C=O) groups is 1. The molecule has 1 unspecified atom stereocenters. The zero-order valence-electron chi connectivity index (χ0n) is 17.5. The van der Waals surface area contributed by atoms with Crippen molar-refractivity contribution in [3.63, 3.8) is 0 Å². The van der Waals surface area contributed by atoms with Crippen LogP contribution in [0.2, 0.25) is 0 Å². The molecule has 1 aliphatic heterocycles. The third-order valence-corrected chi connectivity index (χ3v) is 5.15. The van der Waals surface area contributed by atoms with Gasteiger partial charge in [-0.05, 0) is 37.1 Å². The van der Waals surface area contributed by atoms with Gasteiger partial charge in [0.15, 0.2) is 5.82 Å². The topological polar surface area (TPSA) is 99.8 Å². The molecule has 1 aromatic carbocycles. The minimum Gasteiger partial charge on any atom is -0.497 e. The standard InChI is InChI=1S/C22H24N4O5/c1-28-16-5-6-18(19(12-16)29-2)22(27)26-11-3-4-17(13-26)30-14-20-24-21(31-25-20)15-7-9-23-10-8-15/h5-10,12,17H,3-4,11,13-14H2,1-2H3. The number of pyridine rings is 1. The molecule has 162 valence electrons. The molecule has 0 aliphatic carbocycles. The Morgan fingerprint density at radius 2 is 2.03 bits per heavy atom. The van der Waals surface area contributed by atoms with E-state index in [2.05, 4.69) is 15.1 Å². The van der Waals surface area contributed by atoms with E-state index in [9.17, 15) is 4.79 Å². The van der Waals surface area contributed by atoms with Gasteiger partial charge in [0.25, 0.3) is 11.8 Å². The van der Waals surface area contributed by atoms with Crippen LogP contribution in [0.15, 0.2) is 47.2 Å². The molecule has 0 radical (unpaired) electrons. The summed E-state index contributed by atoms with van der Waals surface area (Å²) in [7, 11) is 3.12. The number of benzene rings is 1. The average Bonchev–Trinajstić information content (AvgIpc) is 3.32. The molecule has 1 amide bonds. The van der Waals surface area contributed by atoms with Gasteiger partial charge in [0.05, 0.1) is 25.9 Å². The molecule has 1 saturated heterocycles. The molecular formula is C22H24N4O5. The second-order valence-electron chi connectivity index (χ2n) is 7.14. The van der Waals surface area contributed by atoms with Crippen molar-refractivity contribution in [2.45, 2.75) is 25.6 Å². The zero-order valence-corrected chi connectivity index (χ0v) is 17.5. The second-order valence-corrected chi connectivity index (χ2v) is 7.14. The number of carbonyl (C=O) groups excluding carboxylic acids is 1. The Balaban J connectivity index is 1.37. The summed E-state index contributed by atoms with van der Waals surface area (Å²) < 4.78 is 21.9. The second kappa shape index (κ2) is 9.57. The predicted molar refractivity (Wildman–Crippen MR) is 111 cm³/mol. The van der Waals surface area contributed by atoms with E-state index in [0.717, 1.165) is 18.4 Å². The lowest BCUT2D eigenvalue weighted by molar-refractivity contribution is -0.00968. The van der Waals surface area contributed by atoms with E-state index >= 15 is 0 Å². The molecule has 3 aromatic rings. The first kappa shape index (κ1) is 20.8. The van der Waals surface area contributed by atoms with Crippen LogP contribution in [0.4, 0.5) is 0 Å². The van der Waals surface area contributed by atoms with Gasteiger partial charge in [0.2, 0.25) is 0 Å². The highest BCUT2D eigenvalue weighted by Gasteiger charge is 2.27. The van der Waals surface area contributed by atoms with E-state index in [0.29, 0.717) is 41.9 Å². The molecule has 4 rings (SSSR count).